The fourth-order valence-electron chi connectivity index (χ4n) is 12.7. The molecule has 19 rings (SSSR count). The van der Waals surface area contributed by atoms with Gasteiger partial charge >= 0.3 is 0 Å². The third kappa shape index (κ3) is 20.7. The average molecular weight is 2100 g/mol. The van der Waals surface area contributed by atoms with Gasteiger partial charge in [-0.1, -0.05) is 143 Å². The van der Waals surface area contributed by atoms with Gasteiger partial charge in [0.1, 0.15) is 0 Å². The van der Waals surface area contributed by atoms with Crippen molar-refractivity contribution in [3.63, 3.8) is 0 Å². The Hall–Kier alpha value is -11.0. The van der Waals surface area contributed by atoms with Crippen molar-refractivity contribution in [1.29, 1.82) is 0 Å². The number of fused-ring (bicyclic) bond motifs is 9. The predicted molar refractivity (Wildman–Crippen MR) is 463 cm³/mol. The average Bonchev–Trinajstić information content (AvgIpc) is 1.75. The van der Waals surface area contributed by atoms with Gasteiger partial charge in [-0.15, -0.1) is 161 Å². The van der Waals surface area contributed by atoms with Crippen LogP contribution < -0.4 is 0 Å². The van der Waals surface area contributed by atoms with Gasteiger partial charge in [-0.25, -0.2) is 15.0 Å². The number of rotatable bonds is 7. The molecule has 1 fully saturated rings. The van der Waals surface area contributed by atoms with Gasteiger partial charge in [-0.3, -0.25) is 0 Å². The summed E-state index contributed by atoms with van der Waals surface area (Å²) in [5.74, 6) is -0.486. The van der Waals surface area contributed by atoms with Crippen molar-refractivity contribution in [2.45, 2.75) is 141 Å². The second-order valence-corrected chi connectivity index (χ2v) is 27.3. The van der Waals surface area contributed by atoms with Crippen molar-refractivity contribution in [2.75, 3.05) is 0 Å². The summed E-state index contributed by atoms with van der Waals surface area (Å²) in [5, 5.41) is 5.54. The van der Waals surface area contributed by atoms with Crippen LogP contribution in [0.4, 0.5) is 0 Å². The molecule has 0 amide bonds. The minimum atomic E-state index is -2.60. The van der Waals surface area contributed by atoms with E-state index in [4.69, 9.17) is 51.6 Å². The fraction of sp³-hybridized carbons (Fsp3) is 0.206. The maximum atomic E-state index is 8.79. The summed E-state index contributed by atoms with van der Waals surface area (Å²) in [4.78, 5) is 38.9. The van der Waals surface area contributed by atoms with Gasteiger partial charge in [0.2, 0.25) is 17.1 Å². The minimum absolute atomic E-state index is 0. The van der Waals surface area contributed by atoms with Gasteiger partial charge < -0.3 is 43.2 Å². The summed E-state index contributed by atoms with van der Waals surface area (Å²) in [5.41, 5.74) is 17.3. The van der Waals surface area contributed by atoms with Crippen LogP contribution in [0.3, 0.4) is 0 Å². The normalized spacial score (nSPS) is 16.4. The van der Waals surface area contributed by atoms with E-state index in [0.717, 1.165) is 104 Å². The zero-order chi connectivity index (χ0) is 103. The van der Waals surface area contributed by atoms with Gasteiger partial charge in [0.25, 0.3) is 0 Å². The number of benzene rings is 6. The summed E-state index contributed by atoms with van der Waals surface area (Å²) in [7, 11) is 0. The number of pyridine rings is 9. The summed E-state index contributed by atoms with van der Waals surface area (Å²) >= 11 is 0. The number of hydrogen-bond acceptors (Lipinski definition) is 12. The number of aryl methyl sites for hydroxylation is 15. The molecule has 0 atom stereocenters. The predicted octanol–water partition coefficient (Wildman–Crippen LogP) is 25.8. The largest absolute Gasteiger partial charge is 0.486 e. The smallest absolute Gasteiger partial charge is 0.216 e. The second-order valence-electron chi connectivity index (χ2n) is 27.3. The van der Waals surface area contributed by atoms with Crippen LogP contribution in [-0.4, -0.2) is 44.9 Å². The minimum Gasteiger partial charge on any atom is -0.486 e. The molecule has 0 saturated heterocycles. The Balaban J connectivity index is 0.000000166. The van der Waals surface area contributed by atoms with E-state index < -0.39 is 67.6 Å². The molecule has 0 aliphatic heterocycles. The SMILES string of the molecule is [2H]C([2H])([2H])c1c[c-]c(-c2cc(C)c(C([2H])([2H])[2H])cn2)cc1.[2H]C([2H])([2H])c1c[c-]c(-c2cc(C)c(C([2H])([2H])[2H])cn2)cc1.[2H]C([2H])([2H])c1c[c-]c(-c2cc(C)c(C([2H])([2H])[2H])cn2)cc1.[2H]C([2H])([2H])c1ccc(-c2[c-]ccc3c2oc2nc(C)ccc23)nc1.[2H]C([2H])([2H])c1cnc(-c2[c-]ccc3c2oc2nc(C)ccc23)cc1C([2H])([2H])[2H].[2H]C1(c2ccc(-c3[c-]ccc4c3oc3nc(C)ccc34)nc2)CCCCC1.[Ir].[Ir].[Ir]. The van der Waals surface area contributed by atoms with E-state index in [1.165, 1.54) is 73.7 Å². The Kier molecular flexibility index (Phi) is 18.9. The van der Waals surface area contributed by atoms with E-state index in [-0.39, 0.29) is 116 Å². The molecule has 1 saturated carbocycles. The summed E-state index contributed by atoms with van der Waals surface area (Å²) < 4.78 is 228. The van der Waals surface area contributed by atoms with Crippen LogP contribution in [0.2, 0.25) is 0 Å². The van der Waals surface area contributed by atoms with Crippen LogP contribution in [0, 0.1) is 140 Å². The molecule has 0 N–H and O–H groups in total. The van der Waals surface area contributed by atoms with Crippen LogP contribution in [0.15, 0.2) is 226 Å². The maximum absolute atomic E-state index is 8.79. The monoisotopic (exact) mass is 2100 g/mol. The first-order valence-electron chi connectivity index (χ1n) is 50.5. The van der Waals surface area contributed by atoms with Crippen molar-refractivity contribution in [3.05, 3.63) is 339 Å². The summed E-state index contributed by atoms with van der Waals surface area (Å²) in [6.45, 7) is -9.53. The molecule has 595 valence electrons. The molecule has 1 aliphatic rings. The van der Waals surface area contributed by atoms with Crippen LogP contribution in [0.1, 0.15) is 166 Å². The van der Waals surface area contributed by atoms with Crippen LogP contribution in [0.25, 0.3) is 134 Å². The maximum Gasteiger partial charge on any atom is 0.216 e. The van der Waals surface area contributed by atoms with Crippen LogP contribution in [-0.2, 0) is 60.3 Å². The molecule has 0 bridgehead atoms. The van der Waals surface area contributed by atoms with Gasteiger partial charge in [0.15, 0.2) is 0 Å². The Labute approximate surface area is 766 Å². The number of furan rings is 3. The fourth-order valence-corrected chi connectivity index (χ4v) is 12.7. The van der Waals surface area contributed by atoms with E-state index in [2.05, 4.69) is 93.4 Å². The first-order valence-corrected chi connectivity index (χ1v) is 36.5. The molecule has 117 heavy (non-hydrogen) atoms. The zero-order valence-corrected chi connectivity index (χ0v) is 71.2. The first kappa shape index (κ1) is 56.4. The summed E-state index contributed by atoms with van der Waals surface area (Å²) in [6.07, 6.45) is 13.7. The molecule has 1 aliphatic carbocycles. The van der Waals surface area contributed by atoms with Crippen LogP contribution >= 0.6 is 0 Å². The van der Waals surface area contributed by atoms with Gasteiger partial charge in [0, 0.05) is 169 Å². The molecule has 12 heterocycles. The molecule has 18 aromatic rings. The van der Waals surface area contributed by atoms with E-state index in [0.29, 0.717) is 95.6 Å². The quantitative estimate of drug-likeness (QED) is 0.139. The molecule has 0 spiro atoms. The molecule has 6 aromatic carbocycles. The topological polar surface area (TPSA) is 155 Å². The van der Waals surface area contributed by atoms with Crippen molar-refractivity contribution < 1.29 is 112 Å². The number of hydrogen-bond donors (Lipinski definition) is 0. The van der Waals surface area contributed by atoms with Crippen molar-refractivity contribution in [1.82, 2.24) is 44.9 Å². The molecule has 3 radical (unpaired) electrons. The van der Waals surface area contributed by atoms with E-state index in [1.54, 1.807) is 75.4 Å². The van der Waals surface area contributed by atoms with E-state index >= 15 is 0 Å². The standard InChI is InChI=1S/C23H21N2O.C19H15N2O.C18H13N2O.3C14H14N.3Ir/c1-15-10-12-19-18-8-5-9-20(22(18)26-23(19)25-15)21-13-11-17(14-24-21)16-6-3-2-4-7-16;1-11-9-17(20-10-12(11)2)16-6-4-5-14-15-8-7-13(3)21-19(15)22-18(14)16;1-11-6-9-16(19-10-11)15-5-3-4-13-14-8-7-12(2)20-18(14)21-17(13)15;3*1-10-4-6-13(7-5-10)14-8-11(2)12(3)9-15-14;;;/h5,8,10-14,16H,2-4,6-7H2,1H3;4-5,7-10H,1-3H3;3-4,6-10H,1-2H3;3*4-6,8-9H,1-3H3;;;/q6*-1;;;/i16D;1D3,2D3;1D3;3*1D3,3D3;;;. The Bertz CT molecular complexity index is 7340. The molecule has 15 heteroatoms. The van der Waals surface area contributed by atoms with Crippen molar-refractivity contribution >= 4 is 66.2 Å². The summed E-state index contributed by atoms with van der Waals surface area (Å²) in [6, 6.07) is 68.3. The Morgan fingerprint density at radius 3 is 0.983 bits per heavy atom. The van der Waals surface area contributed by atoms with Crippen molar-refractivity contribution in [2.24, 2.45) is 0 Å². The number of aromatic nitrogens is 9. The van der Waals surface area contributed by atoms with Gasteiger partial charge in [-0.2, -0.15) is 0 Å². The van der Waals surface area contributed by atoms with Crippen LogP contribution in [0.5, 0.6) is 0 Å². The molecular formula is C102H91Ir3N9O3-6. The molecule has 0 unspecified atom stereocenters. The zero-order valence-electron chi connectivity index (χ0n) is 92.0. The van der Waals surface area contributed by atoms with Gasteiger partial charge in [-0.05, 0) is 205 Å². The molecule has 12 aromatic heterocycles. The third-order valence-electron chi connectivity index (χ3n) is 19.0. The third-order valence-corrected chi connectivity index (χ3v) is 19.0. The second kappa shape index (κ2) is 39.3. The Morgan fingerprint density at radius 2 is 0.650 bits per heavy atom. The van der Waals surface area contributed by atoms with E-state index in [9.17, 15) is 0 Å². The number of nitrogens with zero attached hydrogens (tertiary/aromatic N) is 9. The van der Waals surface area contributed by atoms with E-state index in [1.807, 2.05) is 93.7 Å². The first-order chi connectivity index (χ1) is 66.4. The Morgan fingerprint density at radius 1 is 0.308 bits per heavy atom. The molecular weight excluding hydrogens is 1980 g/mol. The van der Waals surface area contributed by atoms with Gasteiger partial charge in [0.05, 0.1) is 16.7 Å². The molecule has 12 nitrogen and oxygen atoms in total. The van der Waals surface area contributed by atoms with Crippen molar-refractivity contribution in [3.8, 4) is 67.5 Å².